The average Bonchev–Trinajstić information content (AvgIpc) is 3.36. The minimum atomic E-state index is -3.93. The topological polar surface area (TPSA) is 125 Å². The fourth-order valence-electron chi connectivity index (χ4n) is 4.64. The lowest BCUT2D eigenvalue weighted by Crippen LogP contribution is -2.64. The Labute approximate surface area is 218 Å². The van der Waals surface area contributed by atoms with E-state index in [2.05, 4.69) is 10.6 Å². The lowest BCUT2D eigenvalue weighted by atomic mass is 9.88. The molecule has 0 aliphatic heterocycles. The van der Waals surface area contributed by atoms with Crippen molar-refractivity contribution in [1.82, 2.24) is 15.5 Å². The average molecular weight is 525 g/mol. The molecule has 1 fully saturated rings. The van der Waals surface area contributed by atoms with Crippen LogP contribution in [0.1, 0.15) is 65.4 Å². The molecular formula is C27H42F2N4O4. The third-order valence-electron chi connectivity index (χ3n) is 7.09. The summed E-state index contributed by atoms with van der Waals surface area (Å²) in [6, 6.07) is 7.83. The highest BCUT2D eigenvalue weighted by molar-refractivity contribution is 5.88. The van der Waals surface area contributed by atoms with Crippen LogP contribution in [0.4, 0.5) is 8.78 Å². The van der Waals surface area contributed by atoms with Crippen molar-refractivity contribution < 1.29 is 28.3 Å². The summed E-state index contributed by atoms with van der Waals surface area (Å²) in [4.78, 5) is 39.2. The van der Waals surface area contributed by atoms with Crippen LogP contribution >= 0.6 is 0 Å². The Kier molecular flexibility index (Phi) is 11.0. The summed E-state index contributed by atoms with van der Waals surface area (Å²) in [7, 11) is 0. The Morgan fingerprint density at radius 3 is 2.22 bits per heavy atom. The van der Waals surface area contributed by atoms with Gasteiger partial charge in [0.15, 0.2) is 0 Å². The maximum atomic E-state index is 15.2. The summed E-state index contributed by atoms with van der Waals surface area (Å²) in [5.41, 5.74) is 4.42. The number of halogens is 2. The molecule has 5 N–H and O–H groups in total. The van der Waals surface area contributed by atoms with Gasteiger partial charge in [0.25, 0.3) is 5.91 Å². The van der Waals surface area contributed by atoms with E-state index in [1.165, 1.54) is 13.8 Å². The lowest BCUT2D eigenvalue weighted by molar-refractivity contribution is -0.208. The zero-order chi connectivity index (χ0) is 27.8. The molecule has 1 saturated carbocycles. The Balaban J connectivity index is 2.18. The number of nitrogens with two attached hydrogens (primary N) is 1. The molecule has 1 unspecified atom stereocenters. The maximum absolute atomic E-state index is 15.2. The molecule has 208 valence electrons. The minimum Gasteiger partial charge on any atom is -0.370 e. The van der Waals surface area contributed by atoms with Gasteiger partial charge < -0.3 is 26.4 Å². The van der Waals surface area contributed by atoms with Gasteiger partial charge in [-0.1, -0.05) is 70.9 Å². The number of amides is 3. The van der Waals surface area contributed by atoms with Crippen LogP contribution in [-0.2, 0) is 20.8 Å². The summed E-state index contributed by atoms with van der Waals surface area (Å²) in [5.74, 6) is -7.63. The van der Waals surface area contributed by atoms with Gasteiger partial charge in [-0.15, -0.1) is 0 Å². The molecular weight excluding hydrogens is 482 g/mol. The molecule has 10 heteroatoms. The van der Waals surface area contributed by atoms with Crippen molar-refractivity contribution in [2.45, 2.75) is 90.0 Å². The number of aliphatic hydroxyl groups is 1. The molecule has 2 atom stereocenters. The smallest absolute Gasteiger partial charge is 0.329 e. The number of nitrogens with one attached hydrogen (secondary N) is 2. The van der Waals surface area contributed by atoms with Crippen LogP contribution in [0.3, 0.4) is 0 Å². The summed E-state index contributed by atoms with van der Waals surface area (Å²) >= 11 is 0. The first kappa shape index (κ1) is 30.6. The van der Waals surface area contributed by atoms with E-state index in [4.69, 9.17) is 5.73 Å². The van der Waals surface area contributed by atoms with Crippen molar-refractivity contribution in [2.75, 3.05) is 13.1 Å². The zero-order valence-corrected chi connectivity index (χ0v) is 22.3. The van der Waals surface area contributed by atoms with Gasteiger partial charge in [0.05, 0.1) is 19.0 Å². The minimum absolute atomic E-state index is 0.00590. The van der Waals surface area contributed by atoms with Crippen molar-refractivity contribution in [3.05, 3.63) is 35.9 Å². The molecule has 1 aromatic rings. The second kappa shape index (κ2) is 13.3. The van der Waals surface area contributed by atoms with Crippen LogP contribution < -0.4 is 16.4 Å². The predicted octanol–water partition coefficient (Wildman–Crippen LogP) is 2.59. The number of carbonyl (C=O) groups excluding carboxylic acids is 3. The highest BCUT2D eigenvalue weighted by atomic mass is 19.3. The van der Waals surface area contributed by atoms with Crippen molar-refractivity contribution in [3.63, 3.8) is 0 Å². The molecule has 0 spiro atoms. The fourth-order valence-corrected chi connectivity index (χ4v) is 4.64. The largest absolute Gasteiger partial charge is 0.370 e. The maximum Gasteiger partial charge on any atom is 0.329 e. The lowest BCUT2D eigenvalue weighted by Gasteiger charge is -2.47. The van der Waals surface area contributed by atoms with Gasteiger partial charge in [-0.3, -0.25) is 14.4 Å². The van der Waals surface area contributed by atoms with Crippen LogP contribution in [0, 0.1) is 11.8 Å². The molecule has 1 aliphatic rings. The number of hydrogen-bond acceptors (Lipinski definition) is 5. The standard InChI is InChI=1S/C27H42F2N4O4/c1-18(2)23(30)24(35)32-16-22(34)33(21-12-8-9-13-21)27(37,19(3)4)17-26(28,29)25(36)31-15-14-20-10-6-5-7-11-20/h5-7,10-11,18-19,21,23,37H,8-9,12-17,30H2,1-4H3,(H,31,36)(H,32,35)/t23-,27?/m0/s1. The van der Waals surface area contributed by atoms with Gasteiger partial charge in [0.1, 0.15) is 5.72 Å². The van der Waals surface area contributed by atoms with Crippen molar-refractivity contribution >= 4 is 17.7 Å². The molecule has 37 heavy (non-hydrogen) atoms. The van der Waals surface area contributed by atoms with Gasteiger partial charge in [-0.05, 0) is 30.7 Å². The first-order chi connectivity index (χ1) is 17.3. The monoisotopic (exact) mass is 524 g/mol. The molecule has 0 heterocycles. The van der Waals surface area contributed by atoms with Crippen molar-refractivity contribution in [2.24, 2.45) is 17.6 Å². The van der Waals surface area contributed by atoms with E-state index in [-0.39, 0.29) is 12.5 Å². The Bertz CT molecular complexity index is 907. The number of nitrogens with zero attached hydrogens (tertiary/aromatic N) is 1. The van der Waals surface area contributed by atoms with E-state index in [0.717, 1.165) is 23.3 Å². The third-order valence-corrected chi connectivity index (χ3v) is 7.09. The molecule has 1 aliphatic carbocycles. The van der Waals surface area contributed by atoms with Gasteiger partial charge in [0, 0.05) is 18.5 Å². The summed E-state index contributed by atoms with van der Waals surface area (Å²) in [6.45, 7) is 6.12. The second-order valence-electron chi connectivity index (χ2n) is 10.6. The highest BCUT2D eigenvalue weighted by Crippen LogP contribution is 2.39. The van der Waals surface area contributed by atoms with E-state index in [0.29, 0.717) is 19.3 Å². The molecule has 0 saturated heterocycles. The number of benzene rings is 1. The third kappa shape index (κ3) is 8.20. The Morgan fingerprint density at radius 2 is 1.68 bits per heavy atom. The summed E-state index contributed by atoms with van der Waals surface area (Å²) in [5, 5.41) is 16.4. The predicted molar refractivity (Wildman–Crippen MR) is 137 cm³/mol. The Morgan fingerprint density at radius 1 is 1.08 bits per heavy atom. The summed E-state index contributed by atoms with van der Waals surface area (Å²) in [6.07, 6.45) is 1.76. The second-order valence-corrected chi connectivity index (χ2v) is 10.6. The summed E-state index contributed by atoms with van der Waals surface area (Å²) < 4.78 is 30.4. The van der Waals surface area contributed by atoms with Crippen molar-refractivity contribution in [1.29, 1.82) is 0 Å². The van der Waals surface area contributed by atoms with E-state index < -0.39 is 60.3 Å². The molecule has 0 radical (unpaired) electrons. The fraction of sp³-hybridized carbons (Fsp3) is 0.667. The highest BCUT2D eigenvalue weighted by Gasteiger charge is 2.53. The van der Waals surface area contributed by atoms with Gasteiger partial charge in [-0.25, -0.2) is 0 Å². The van der Waals surface area contributed by atoms with Gasteiger partial charge in [0.2, 0.25) is 11.8 Å². The Hall–Kier alpha value is -2.59. The first-order valence-corrected chi connectivity index (χ1v) is 13.1. The molecule has 1 aromatic carbocycles. The molecule has 0 aromatic heterocycles. The van der Waals surface area contributed by atoms with Crippen LogP contribution in [0.15, 0.2) is 30.3 Å². The van der Waals surface area contributed by atoms with Crippen LogP contribution in [0.25, 0.3) is 0 Å². The van der Waals surface area contributed by atoms with E-state index in [1.807, 2.05) is 30.3 Å². The molecule has 0 bridgehead atoms. The van der Waals surface area contributed by atoms with E-state index >= 15 is 8.78 Å². The SMILES string of the molecule is CC(C)[C@H](N)C(=O)NCC(=O)N(C1CCCC1)C(O)(CC(F)(F)C(=O)NCCc1ccccc1)C(C)C. The van der Waals surface area contributed by atoms with Crippen molar-refractivity contribution in [3.8, 4) is 0 Å². The molecule has 8 nitrogen and oxygen atoms in total. The van der Waals surface area contributed by atoms with Crippen LogP contribution in [0.2, 0.25) is 0 Å². The van der Waals surface area contributed by atoms with Gasteiger partial charge in [-0.2, -0.15) is 8.78 Å². The number of alkyl halides is 2. The quantitative estimate of drug-likeness (QED) is 0.295. The zero-order valence-electron chi connectivity index (χ0n) is 22.3. The van der Waals surface area contributed by atoms with Crippen LogP contribution in [-0.4, -0.2) is 64.5 Å². The van der Waals surface area contributed by atoms with Crippen LogP contribution in [0.5, 0.6) is 0 Å². The number of carbonyl (C=O) groups is 3. The van der Waals surface area contributed by atoms with E-state index in [9.17, 15) is 19.5 Å². The number of rotatable bonds is 13. The number of hydrogen-bond donors (Lipinski definition) is 4. The molecule has 2 rings (SSSR count). The van der Waals surface area contributed by atoms with E-state index in [1.54, 1.807) is 13.8 Å². The normalized spacial score (nSPS) is 16.9. The first-order valence-electron chi connectivity index (χ1n) is 13.1. The molecule has 3 amide bonds. The van der Waals surface area contributed by atoms with Gasteiger partial charge >= 0.3 is 5.92 Å².